The van der Waals surface area contributed by atoms with Crippen LogP contribution in [0.2, 0.25) is 0 Å². The van der Waals surface area contributed by atoms with Gasteiger partial charge in [0.25, 0.3) is 0 Å². The van der Waals surface area contributed by atoms with Crippen molar-refractivity contribution in [3.8, 4) is 0 Å². The Morgan fingerprint density at radius 3 is 2.80 bits per heavy atom. The molecule has 20 heavy (non-hydrogen) atoms. The van der Waals surface area contributed by atoms with E-state index in [0.717, 1.165) is 23.1 Å². The third kappa shape index (κ3) is 3.85. The minimum absolute atomic E-state index is 0.0689. The predicted octanol–water partition coefficient (Wildman–Crippen LogP) is 3.33. The second kappa shape index (κ2) is 6.58. The fraction of sp³-hybridized carbons (Fsp3) is 0.214. The van der Waals surface area contributed by atoms with Gasteiger partial charge in [-0.1, -0.05) is 6.07 Å². The van der Waals surface area contributed by atoms with Crippen molar-refractivity contribution in [1.82, 2.24) is 5.32 Å². The second-order valence-electron chi connectivity index (χ2n) is 4.28. The third-order valence-electron chi connectivity index (χ3n) is 2.81. The van der Waals surface area contributed by atoms with Gasteiger partial charge in [0.1, 0.15) is 11.6 Å². The van der Waals surface area contributed by atoms with E-state index in [0.29, 0.717) is 0 Å². The number of halogens is 2. The number of benzene rings is 1. The smallest absolute Gasteiger partial charge is 0.305 e. The van der Waals surface area contributed by atoms with Gasteiger partial charge in [-0.25, -0.2) is 8.78 Å². The molecule has 2 N–H and O–H groups in total. The zero-order valence-corrected chi connectivity index (χ0v) is 11.3. The minimum atomic E-state index is -0.949. The highest BCUT2D eigenvalue weighted by atomic mass is 32.1. The molecule has 2 rings (SSSR count). The summed E-state index contributed by atoms with van der Waals surface area (Å²) in [5.74, 6) is -1.98. The van der Waals surface area contributed by atoms with Crippen molar-refractivity contribution in [3.05, 3.63) is 57.8 Å². The van der Waals surface area contributed by atoms with Gasteiger partial charge in [0.2, 0.25) is 0 Å². The van der Waals surface area contributed by atoms with Crippen molar-refractivity contribution in [2.75, 3.05) is 0 Å². The quantitative estimate of drug-likeness (QED) is 0.860. The molecule has 106 valence electrons. The molecule has 0 aliphatic rings. The molecule has 0 amide bonds. The molecule has 0 fully saturated rings. The van der Waals surface area contributed by atoms with E-state index in [1.807, 2.05) is 17.5 Å². The van der Waals surface area contributed by atoms with E-state index < -0.39 is 23.6 Å². The van der Waals surface area contributed by atoms with E-state index >= 15 is 0 Å². The molecule has 1 aromatic carbocycles. The number of carbonyl (C=O) groups is 1. The first-order valence-electron chi connectivity index (χ1n) is 5.99. The molecule has 0 aliphatic carbocycles. The maximum Gasteiger partial charge on any atom is 0.305 e. The summed E-state index contributed by atoms with van der Waals surface area (Å²) in [6.07, 6.45) is -0.114. The Balaban J connectivity index is 2.08. The summed E-state index contributed by atoms with van der Waals surface area (Å²) in [6.45, 7) is 0.0689. The van der Waals surface area contributed by atoms with Crippen molar-refractivity contribution in [3.63, 3.8) is 0 Å². The number of carboxylic acid groups (broad SMARTS) is 1. The summed E-state index contributed by atoms with van der Waals surface area (Å²) >= 11 is 1.42. The Labute approximate surface area is 118 Å². The summed E-state index contributed by atoms with van der Waals surface area (Å²) in [4.78, 5) is 11.7. The molecule has 3 nitrogen and oxygen atoms in total. The molecule has 2 aromatic rings. The number of rotatable bonds is 6. The number of carboxylic acids is 1. The summed E-state index contributed by atoms with van der Waals surface area (Å²) < 4.78 is 26.6. The fourth-order valence-electron chi connectivity index (χ4n) is 1.85. The lowest BCUT2D eigenvalue weighted by Crippen LogP contribution is -2.23. The Kier molecular flexibility index (Phi) is 4.81. The van der Waals surface area contributed by atoms with Gasteiger partial charge < -0.3 is 10.4 Å². The van der Waals surface area contributed by atoms with Gasteiger partial charge in [-0.15, -0.1) is 11.3 Å². The van der Waals surface area contributed by atoms with Crippen molar-refractivity contribution in [1.29, 1.82) is 0 Å². The van der Waals surface area contributed by atoms with Crippen LogP contribution < -0.4 is 5.32 Å². The molecule has 1 aromatic heterocycles. The van der Waals surface area contributed by atoms with Gasteiger partial charge in [0, 0.05) is 17.0 Å². The van der Waals surface area contributed by atoms with E-state index in [1.165, 1.54) is 11.3 Å². The maximum absolute atomic E-state index is 13.5. The van der Waals surface area contributed by atoms with Gasteiger partial charge in [0.15, 0.2) is 0 Å². The first-order chi connectivity index (χ1) is 9.56. The number of nitrogens with one attached hydrogen (secondary N) is 1. The third-order valence-corrected chi connectivity index (χ3v) is 3.80. The van der Waals surface area contributed by atoms with Crippen LogP contribution in [0.4, 0.5) is 8.78 Å². The topological polar surface area (TPSA) is 49.3 Å². The van der Waals surface area contributed by atoms with Crippen LogP contribution in [-0.4, -0.2) is 11.1 Å². The van der Waals surface area contributed by atoms with Crippen LogP contribution >= 0.6 is 11.3 Å². The molecule has 0 radical (unpaired) electrons. The Morgan fingerprint density at radius 2 is 2.15 bits per heavy atom. The highest BCUT2D eigenvalue weighted by molar-refractivity contribution is 7.10. The molecule has 0 aliphatic heterocycles. The number of thiophene rings is 1. The molecular formula is C14H13F2NO2S. The summed E-state index contributed by atoms with van der Waals surface area (Å²) in [6, 6.07) is 6.42. The van der Waals surface area contributed by atoms with E-state index in [2.05, 4.69) is 5.32 Å². The lowest BCUT2D eigenvalue weighted by molar-refractivity contribution is -0.137. The van der Waals surface area contributed by atoms with Crippen LogP contribution in [0.3, 0.4) is 0 Å². The summed E-state index contributed by atoms with van der Waals surface area (Å²) in [5, 5.41) is 13.7. The van der Waals surface area contributed by atoms with Crippen molar-refractivity contribution in [2.24, 2.45) is 0 Å². The lowest BCUT2D eigenvalue weighted by atomic mass is 10.1. The molecule has 1 atom stereocenters. The van der Waals surface area contributed by atoms with Crippen LogP contribution in [0.1, 0.15) is 22.9 Å². The van der Waals surface area contributed by atoms with Crippen LogP contribution in [0, 0.1) is 11.6 Å². The maximum atomic E-state index is 13.5. The summed E-state index contributed by atoms with van der Waals surface area (Å²) in [7, 11) is 0. The zero-order chi connectivity index (χ0) is 14.5. The molecule has 1 heterocycles. The first kappa shape index (κ1) is 14.6. The van der Waals surface area contributed by atoms with Gasteiger partial charge in [-0.3, -0.25) is 4.79 Å². The van der Waals surface area contributed by atoms with E-state index in [1.54, 1.807) is 0 Å². The molecule has 0 spiro atoms. The van der Waals surface area contributed by atoms with Crippen LogP contribution in [0.15, 0.2) is 35.7 Å². The zero-order valence-electron chi connectivity index (χ0n) is 10.5. The molecule has 0 bridgehead atoms. The molecule has 1 unspecified atom stereocenters. The largest absolute Gasteiger partial charge is 0.481 e. The SMILES string of the molecule is O=C(O)CC(NCc1cc(F)ccc1F)c1cccs1. The van der Waals surface area contributed by atoms with Crippen molar-refractivity contribution < 1.29 is 18.7 Å². The molecule has 6 heteroatoms. The van der Waals surface area contributed by atoms with Gasteiger partial charge in [0.05, 0.1) is 12.5 Å². The van der Waals surface area contributed by atoms with Gasteiger partial charge in [-0.2, -0.15) is 0 Å². The van der Waals surface area contributed by atoms with Crippen LogP contribution in [0.5, 0.6) is 0 Å². The Hall–Kier alpha value is -1.79. The Bertz CT molecular complexity index is 587. The predicted molar refractivity (Wildman–Crippen MR) is 72.5 cm³/mol. The highest BCUT2D eigenvalue weighted by Crippen LogP contribution is 2.23. The van der Waals surface area contributed by atoms with E-state index in [-0.39, 0.29) is 18.5 Å². The average molecular weight is 297 g/mol. The highest BCUT2D eigenvalue weighted by Gasteiger charge is 2.16. The Morgan fingerprint density at radius 1 is 1.35 bits per heavy atom. The van der Waals surface area contributed by atoms with E-state index in [9.17, 15) is 13.6 Å². The van der Waals surface area contributed by atoms with E-state index in [4.69, 9.17) is 5.11 Å². The number of aliphatic carboxylic acids is 1. The standard InChI is InChI=1S/C14H13F2NO2S/c15-10-3-4-11(16)9(6-10)8-17-12(7-14(18)19)13-2-1-5-20-13/h1-6,12,17H,7-8H2,(H,18,19). The normalized spacial score (nSPS) is 12.3. The minimum Gasteiger partial charge on any atom is -0.481 e. The van der Waals surface area contributed by atoms with Crippen molar-refractivity contribution >= 4 is 17.3 Å². The number of hydrogen-bond acceptors (Lipinski definition) is 3. The molecule has 0 saturated heterocycles. The van der Waals surface area contributed by atoms with Crippen molar-refractivity contribution in [2.45, 2.75) is 19.0 Å². The monoisotopic (exact) mass is 297 g/mol. The molecule has 0 saturated carbocycles. The fourth-order valence-corrected chi connectivity index (χ4v) is 2.65. The number of hydrogen-bond donors (Lipinski definition) is 2. The van der Waals surface area contributed by atoms with Crippen LogP contribution in [-0.2, 0) is 11.3 Å². The van der Waals surface area contributed by atoms with Gasteiger partial charge >= 0.3 is 5.97 Å². The van der Waals surface area contributed by atoms with Crippen LogP contribution in [0.25, 0.3) is 0 Å². The van der Waals surface area contributed by atoms with Gasteiger partial charge in [-0.05, 0) is 29.6 Å². The second-order valence-corrected chi connectivity index (χ2v) is 5.26. The average Bonchev–Trinajstić information content (AvgIpc) is 2.91. The first-order valence-corrected chi connectivity index (χ1v) is 6.86. The molecular weight excluding hydrogens is 284 g/mol. The lowest BCUT2D eigenvalue weighted by Gasteiger charge is -2.15. The summed E-state index contributed by atoms with van der Waals surface area (Å²) in [5.41, 5.74) is 0.178.